The van der Waals surface area contributed by atoms with E-state index in [1.54, 1.807) is 11.8 Å². The largest absolute Gasteiger partial charge is 0.450 e. The van der Waals surface area contributed by atoms with Crippen molar-refractivity contribution in [1.82, 2.24) is 4.90 Å². The Labute approximate surface area is 177 Å². The molecule has 0 saturated carbocycles. The van der Waals surface area contributed by atoms with E-state index in [1.807, 2.05) is 30.3 Å². The van der Waals surface area contributed by atoms with Crippen LogP contribution in [0.5, 0.6) is 5.75 Å². The number of rotatable bonds is 6. The minimum absolute atomic E-state index is 0.0375. The van der Waals surface area contributed by atoms with Crippen molar-refractivity contribution < 1.29 is 32.2 Å². The van der Waals surface area contributed by atoms with Gasteiger partial charge >= 0.3 is 18.2 Å². The number of anilines is 1. The Balaban J connectivity index is 1.69. The van der Waals surface area contributed by atoms with Crippen LogP contribution in [0, 0.1) is 5.41 Å². The zero-order valence-electron chi connectivity index (χ0n) is 16.9. The highest BCUT2D eigenvalue weighted by molar-refractivity contribution is 5.85. The second-order valence-corrected chi connectivity index (χ2v) is 7.29. The van der Waals surface area contributed by atoms with E-state index in [1.165, 1.54) is 24.3 Å². The average molecular weight is 436 g/mol. The summed E-state index contributed by atoms with van der Waals surface area (Å²) >= 11 is 0. The highest BCUT2D eigenvalue weighted by Gasteiger charge is 2.64. The maximum atomic E-state index is 14.0. The lowest BCUT2D eigenvalue weighted by Gasteiger charge is -2.29. The molecule has 1 atom stereocenters. The molecule has 0 aliphatic carbocycles. The number of amides is 1. The van der Waals surface area contributed by atoms with Crippen LogP contribution in [0.2, 0.25) is 0 Å². The molecule has 0 bridgehead atoms. The van der Waals surface area contributed by atoms with Gasteiger partial charge in [-0.25, -0.2) is 4.79 Å². The van der Waals surface area contributed by atoms with Crippen LogP contribution in [0.4, 0.5) is 23.7 Å². The Morgan fingerprint density at radius 1 is 1.10 bits per heavy atom. The molecule has 1 heterocycles. The molecule has 3 rings (SSSR count). The lowest BCUT2D eigenvalue weighted by atomic mass is 9.86. The third kappa shape index (κ3) is 5.35. The Morgan fingerprint density at radius 3 is 2.39 bits per heavy atom. The van der Waals surface area contributed by atoms with Crippen molar-refractivity contribution in [3.8, 4) is 5.75 Å². The molecular weight excluding hydrogens is 413 g/mol. The van der Waals surface area contributed by atoms with Gasteiger partial charge in [0.25, 0.3) is 0 Å². The Hall–Kier alpha value is -3.07. The van der Waals surface area contributed by atoms with E-state index in [9.17, 15) is 22.8 Å². The van der Waals surface area contributed by atoms with E-state index >= 15 is 0 Å². The maximum Gasteiger partial charge on any atom is 0.411 e. The zero-order valence-corrected chi connectivity index (χ0v) is 16.9. The van der Waals surface area contributed by atoms with Gasteiger partial charge in [0.2, 0.25) is 0 Å². The van der Waals surface area contributed by atoms with E-state index in [0.717, 1.165) is 5.56 Å². The zero-order chi connectivity index (χ0) is 22.5. The third-order valence-electron chi connectivity index (χ3n) is 5.12. The first-order chi connectivity index (χ1) is 14.7. The SMILES string of the molecule is CCOC(=O)Nc1ccc(OC(=O)C2(C(F)(F)F)CCN(Cc3ccccc3)C2)cc1. The van der Waals surface area contributed by atoms with Gasteiger partial charge in [-0.15, -0.1) is 0 Å². The molecule has 1 N–H and O–H groups in total. The second kappa shape index (κ2) is 9.38. The summed E-state index contributed by atoms with van der Waals surface area (Å²) in [6, 6.07) is 14.6. The standard InChI is InChI=1S/C22H23F3N2O4/c1-2-30-20(29)26-17-8-10-18(11-9-17)31-19(28)21(22(23,24)25)12-13-27(15-21)14-16-6-4-3-5-7-16/h3-11H,2,12-15H2,1H3,(H,26,29). The van der Waals surface area contributed by atoms with Gasteiger partial charge in [-0.3, -0.25) is 15.0 Å². The summed E-state index contributed by atoms with van der Waals surface area (Å²) in [5.41, 5.74) is -1.36. The molecule has 1 fully saturated rings. The first kappa shape index (κ1) is 22.6. The van der Waals surface area contributed by atoms with E-state index in [-0.39, 0.29) is 25.3 Å². The van der Waals surface area contributed by atoms with Crippen molar-refractivity contribution in [2.45, 2.75) is 26.1 Å². The summed E-state index contributed by atoms with van der Waals surface area (Å²) in [7, 11) is 0. The van der Waals surface area contributed by atoms with Crippen LogP contribution in [0.25, 0.3) is 0 Å². The number of ether oxygens (including phenoxy) is 2. The summed E-state index contributed by atoms with van der Waals surface area (Å²) in [6.07, 6.45) is -5.78. The first-order valence-corrected chi connectivity index (χ1v) is 9.82. The van der Waals surface area contributed by atoms with Gasteiger partial charge in [0.1, 0.15) is 5.75 Å². The number of carbonyl (C=O) groups excluding carboxylic acids is 2. The number of alkyl halides is 3. The van der Waals surface area contributed by atoms with Gasteiger partial charge in [-0.05, 0) is 43.2 Å². The van der Waals surface area contributed by atoms with Crippen molar-refractivity contribution in [2.24, 2.45) is 5.41 Å². The van der Waals surface area contributed by atoms with E-state index < -0.39 is 30.2 Å². The van der Waals surface area contributed by atoms with Crippen LogP contribution in [0.15, 0.2) is 54.6 Å². The smallest absolute Gasteiger partial charge is 0.411 e. The fourth-order valence-corrected chi connectivity index (χ4v) is 3.48. The molecule has 6 nitrogen and oxygen atoms in total. The fraction of sp³-hybridized carbons (Fsp3) is 0.364. The van der Waals surface area contributed by atoms with Gasteiger partial charge in [0.15, 0.2) is 5.41 Å². The summed E-state index contributed by atoms with van der Waals surface area (Å²) in [4.78, 5) is 25.7. The van der Waals surface area contributed by atoms with Crippen molar-refractivity contribution in [2.75, 3.05) is 25.0 Å². The number of nitrogens with zero attached hydrogens (tertiary/aromatic N) is 1. The molecule has 31 heavy (non-hydrogen) atoms. The van der Waals surface area contributed by atoms with Gasteiger partial charge < -0.3 is 9.47 Å². The van der Waals surface area contributed by atoms with Gasteiger partial charge in [0, 0.05) is 25.3 Å². The Kier molecular flexibility index (Phi) is 6.84. The van der Waals surface area contributed by atoms with Gasteiger partial charge in [0.05, 0.1) is 6.61 Å². The maximum absolute atomic E-state index is 14.0. The Morgan fingerprint density at radius 2 is 1.77 bits per heavy atom. The molecule has 1 aliphatic rings. The number of likely N-dealkylation sites (tertiary alicyclic amines) is 1. The predicted molar refractivity (Wildman–Crippen MR) is 108 cm³/mol. The molecule has 9 heteroatoms. The van der Waals surface area contributed by atoms with Crippen LogP contribution in [-0.2, 0) is 16.1 Å². The van der Waals surface area contributed by atoms with Crippen LogP contribution >= 0.6 is 0 Å². The quantitative estimate of drug-likeness (QED) is 0.529. The second-order valence-electron chi connectivity index (χ2n) is 7.29. The summed E-state index contributed by atoms with van der Waals surface area (Å²) in [6.45, 7) is 1.84. The Bertz CT molecular complexity index is 903. The average Bonchev–Trinajstić information content (AvgIpc) is 3.16. The minimum Gasteiger partial charge on any atom is -0.450 e. The fourth-order valence-electron chi connectivity index (χ4n) is 3.48. The van der Waals surface area contributed by atoms with Crippen LogP contribution in [0.1, 0.15) is 18.9 Å². The summed E-state index contributed by atoms with van der Waals surface area (Å²) in [5, 5.41) is 2.45. The predicted octanol–water partition coefficient (Wildman–Crippen LogP) is 4.62. The normalized spacial score (nSPS) is 19.1. The number of benzene rings is 2. The van der Waals surface area contributed by atoms with Crippen LogP contribution < -0.4 is 10.1 Å². The number of esters is 1. The van der Waals surface area contributed by atoms with Crippen LogP contribution in [-0.4, -0.2) is 42.8 Å². The monoisotopic (exact) mass is 436 g/mol. The van der Waals surface area contributed by atoms with Gasteiger partial charge in [-0.1, -0.05) is 30.3 Å². The van der Waals surface area contributed by atoms with Crippen molar-refractivity contribution >= 4 is 17.7 Å². The molecular formula is C22H23F3N2O4. The molecule has 2 aromatic carbocycles. The number of carbonyl (C=O) groups is 2. The molecule has 1 aliphatic heterocycles. The van der Waals surface area contributed by atoms with Crippen molar-refractivity contribution in [3.63, 3.8) is 0 Å². The highest BCUT2D eigenvalue weighted by atomic mass is 19.4. The number of nitrogens with one attached hydrogen (secondary N) is 1. The van der Waals surface area contributed by atoms with E-state index in [0.29, 0.717) is 12.2 Å². The molecule has 1 amide bonds. The number of hydrogen-bond donors (Lipinski definition) is 1. The molecule has 1 saturated heterocycles. The topological polar surface area (TPSA) is 67.9 Å². The highest BCUT2D eigenvalue weighted by Crippen LogP contribution is 2.47. The minimum atomic E-state index is -4.75. The molecule has 0 aromatic heterocycles. The summed E-state index contributed by atoms with van der Waals surface area (Å²) < 4.78 is 51.8. The van der Waals surface area contributed by atoms with Gasteiger partial charge in [-0.2, -0.15) is 13.2 Å². The van der Waals surface area contributed by atoms with Crippen molar-refractivity contribution in [1.29, 1.82) is 0 Å². The molecule has 0 radical (unpaired) electrons. The molecule has 2 aromatic rings. The number of halogens is 3. The van der Waals surface area contributed by atoms with E-state index in [2.05, 4.69) is 5.32 Å². The molecule has 1 unspecified atom stereocenters. The van der Waals surface area contributed by atoms with Crippen molar-refractivity contribution in [3.05, 3.63) is 60.2 Å². The molecule has 0 spiro atoms. The first-order valence-electron chi connectivity index (χ1n) is 9.82. The van der Waals surface area contributed by atoms with E-state index in [4.69, 9.17) is 9.47 Å². The number of hydrogen-bond acceptors (Lipinski definition) is 5. The van der Waals surface area contributed by atoms with Crippen LogP contribution in [0.3, 0.4) is 0 Å². The lowest BCUT2D eigenvalue weighted by molar-refractivity contribution is -0.226. The lowest BCUT2D eigenvalue weighted by Crippen LogP contribution is -2.49. The molecule has 166 valence electrons. The summed E-state index contributed by atoms with van der Waals surface area (Å²) in [5.74, 6) is -1.37. The third-order valence-corrected chi connectivity index (χ3v) is 5.12.